The van der Waals surface area contributed by atoms with Gasteiger partial charge in [-0.2, -0.15) is 0 Å². The van der Waals surface area contributed by atoms with Gasteiger partial charge in [0, 0.05) is 0 Å². The van der Waals surface area contributed by atoms with Gasteiger partial charge in [-0.15, -0.1) is 0 Å². The van der Waals surface area contributed by atoms with Gasteiger partial charge in [0.1, 0.15) is 18.2 Å². The molecule has 0 aliphatic carbocycles. The molecule has 2 heterocycles. The van der Waals surface area contributed by atoms with Crippen molar-refractivity contribution in [1.82, 2.24) is 9.38 Å². The van der Waals surface area contributed by atoms with Crippen molar-refractivity contribution in [2.24, 2.45) is 0 Å². The van der Waals surface area contributed by atoms with Crippen molar-refractivity contribution >= 4 is 65.3 Å². The standard InChI is InChI=1S/C25H17Br2FN2O2S/c1-13-6-20-21(7-14(13)2)30-24(31)22(33-25(30)29-20)11-16-9-18(26)23(19(27)10-16)32-12-15-4-3-5-17(28)8-15/h3-11H,12H2,1-2H3/b22-11-. The van der Waals surface area contributed by atoms with Gasteiger partial charge in [-0.1, -0.05) is 23.5 Å². The Morgan fingerprint density at radius 2 is 1.82 bits per heavy atom. The molecule has 0 radical (unpaired) electrons. The summed E-state index contributed by atoms with van der Waals surface area (Å²) in [5, 5.41) is 0. The maximum atomic E-state index is 13.4. The highest BCUT2D eigenvalue weighted by molar-refractivity contribution is 9.11. The van der Waals surface area contributed by atoms with Gasteiger partial charge in [-0.25, -0.2) is 13.8 Å². The molecule has 5 rings (SSSR count). The predicted octanol–water partition coefficient (Wildman–Crippen LogP) is 6.32. The van der Waals surface area contributed by atoms with Crippen molar-refractivity contribution < 1.29 is 9.13 Å². The summed E-state index contributed by atoms with van der Waals surface area (Å²) in [4.78, 5) is 18.5. The van der Waals surface area contributed by atoms with E-state index in [-0.39, 0.29) is 18.0 Å². The SMILES string of the molecule is Cc1cc2nc3s/c(=C\c4cc(Br)c(OCc5cccc(F)c5)c(Br)c4)c(=O)n3c2cc1C. The highest BCUT2D eigenvalue weighted by atomic mass is 79.9. The van der Waals surface area contributed by atoms with Crippen LogP contribution in [-0.4, -0.2) is 9.38 Å². The maximum absolute atomic E-state index is 13.4. The van der Waals surface area contributed by atoms with Crippen LogP contribution in [0.3, 0.4) is 0 Å². The Balaban J connectivity index is 1.51. The second-order valence-electron chi connectivity index (χ2n) is 7.80. The number of aromatic nitrogens is 2. The first kappa shape index (κ1) is 22.3. The Morgan fingerprint density at radius 3 is 2.55 bits per heavy atom. The Hall–Kier alpha value is -2.55. The van der Waals surface area contributed by atoms with Crippen LogP contribution in [0.15, 0.2) is 62.3 Å². The van der Waals surface area contributed by atoms with Crippen LogP contribution in [0.5, 0.6) is 5.75 Å². The van der Waals surface area contributed by atoms with Crippen molar-refractivity contribution in [2.75, 3.05) is 0 Å². The molecule has 166 valence electrons. The number of hydrogen-bond donors (Lipinski definition) is 0. The largest absolute Gasteiger partial charge is 0.487 e. The third-order valence-corrected chi connectivity index (χ3v) is 7.59. The first-order valence-electron chi connectivity index (χ1n) is 10.1. The van der Waals surface area contributed by atoms with E-state index in [9.17, 15) is 9.18 Å². The van der Waals surface area contributed by atoms with Gasteiger partial charge in [0.15, 0.2) is 4.96 Å². The van der Waals surface area contributed by atoms with Crippen molar-refractivity contribution in [2.45, 2.75) is 20.5 Å². The van der Waals surface area contributed by atoms with E-state index in [1.807, 2.05) is 50.3 Å². The average molecular weight is 588 g/mol. The number of imidazole rings is 1. The predicted molar refractivity (Wildman–Crippen MR) is 138 cm³/mol. The van der Waals surface area contributed by atoms with E-state index >= 15 is 0 Å². The molecule has 0 N–H and O–H groups in total. The van der Waals surface area contributed by atoms with Crippen LogP contribution in [-0.2, 0) is 6.61 Å². The maximum Gasteiger partial charge on any atom is 0.274 e. The monoisotopic (exact) mass is 586 g/mol. The van der Waals surface area contributed by atoms with Gasteiger partial charge < -0.3 is 4.74 Å². The number of halogens is 3. The number of aryl methyl sites for hydroxylation is 2. The molecule has 8 heteroatoms. The van der Waals surface area contributed by atoms with E-state index in [2.05, 4.69) is 36.8 Å². The molecule has 0 aliphatic heterocycles. The third-order valence-electron chi connectivity index (χ3n) is 5.44. The number of benzene rings is 3. The lowest BCUT2D eigenvalue weighted by Gasteiger charge is -2.11. The molecule has 0 unspecified atom stereocenters. The zero-order valence-corrected chi connectivity index (χ0v) is 21.6. The zero-order valence-electron chi connectivity index (χ0n) is 17.7. The lowest BCUT2D eigenvalue weighted by atomic mass is 10.1. The number of nitrogens with zero attached hydrogens (tertiary/aromatic N) is 2. The fourth-order valence-corrected chi connectivity index (χ4v) is 6.09. The van der Waals surface area contributed by atoms with Crippen LogP contribution in [0.2, 0.25) is 0 Å². The minimum atomic E-state index is -0.298. The normalized spacial score (nSPS) is 12.2. The minimum Gasteiger partial charge on any atom is -0.487 e. The molecular weight excluding hydrogens is 571 g/mol. The van der Waals surface area contributed by atoms with Gasteiger partial charge in [0.05, 0.1) is 24.5 Å². The van der Waals surface area contributed by atoms with Gasteiger partial charge in [-0.05, 0) is 110 Å². The highest BCUT2D eigenvalue weighted by Crippen LogP contribution is 2.35. The summed E-state index contributed by atoms with van der Waals surface area (Å²) in [6.45, 7) is 4.31. The van der Waals surface area contributed by atoms with Crippen molar-refractivity contribution in [3.63, 3.8) is 0 Å². The summed E-state index contributed by atoms with van der Waals surface area (Å²) in [7, 11) is 0. The quantitative estimate of drug-likeness (QED) is 0.247. The number of fused-ring (bicyclic) bond motifs is 3. The molecule has 0 amide bonds. The second-order valence-corrected chi connectivity index (χ2v) is 10.5. The van der Waals surface area contributed by atoms with Crippen molar-refractivity contribution in [3.05, 3.63) is 100 Å². The molecule has 0 saturated heterocycles. The van der Waals surface area contributed by atoms with E-state index in [1.165, 1.54) is 23.5 Å². The Bertz CT molecular complexity index is 1640. The number of hydrogen-bond acceptors (Lipinski definition) is 4. The summed E-state index contributed by atoms with van der Waals surface area (Å²) < 4.78 is 23.0. The van der Waals surface area contributed by atoms with Crippen LogP contribution in [0, 0.1) is 19.7 Å². The summed E-state index contributed by atoms with van der Waals surface area (Å²) >= 11 is 8.47. The number of thiazole rings is 1. The van der Waals surface area contributed by atoms with E-state index in [4.69, 9.17) is 4.74 Å². The van der Waals surface area contributed by atoms with Gasteiger partial charge in [0.25, 0.3) is 5.56 Å². The first-order valence-corrected chi connectivity index (χ1v) is 12.5. The van der Waals surface area contributed by atoms with Gasteiger partial charge >= 0.3 is 0 Å². The van der Waals surface area contributed by atoms with Gasteiger partial charge in [0.2, 0.25) is 0 Å². The van der Waals surface area contributed by atoms with Crippen LogP contribution in [0.4, 0.5) is 4.39 Å². The number of rotatable bonds is 4. The lowest BCUT2D eigenvalue weighted by Crippen LogP contribution is -2.22. The Kier molecular flexibility index (Phi) is 5.84. The smallest absolute Gasteiger partial charge is 0.274 e. The molecule has 0 bridgehead atoms. The minimum absolute atomic E-state index is 0.0839. The molecule has 0 saturated carbocycles. The third kappa shape index (κ3) is 4.23. The highest BCUT2D eigenvalue weighted by Gasteiger charge is 2.14. The van der Waals surface area contributed by atoms with E-state index in [1.54, 1.807) is 10.5 Å². The summed E-state index contributed by atoms with van der Waals surface area (Å²) in [6, 6.07) is 14.1. The van der Waals surface area contributed by atoms with E-state index in [0.29, 0.717) is 15.2 Å². The molecular formula is C25H17Br2FN2O2S. The molecule has 0 fully saturated rings. The molecule has 0 aliphatic rings. The number of ether oxygens (including phenoxy) is 1. The molecule has 5 aromatic rings. The summed E-state index contributed by atoms with van der Waals surface area (Å²) in [5.41, 5.74) is 5.43. The van der Waals surface area contributed by atoms with E-state index in [0.717, 1.165) is 42.2 Å². The van der Waals surface area contributed by atoms with Crippen molar-refractivity contribution in [3.8, 4) is 5.75 Å². The molecule has 33 heavy (non-hydrogen) atoms. The van der Waals surface area contributed by atoms with Crippen LogP contribution < -0.4 is 14.8 Å². The second kappa shape index (κ2) is 8.66. The summed E-state index contributed by atoms with van der Waals surface area (Å²) in [6.07, 6.45) is 1.85. The average Bonchev–Trinajstić information content (AvgIpc) is 3.24. The van der Waals surface area contributed by atoms with Crippen LogP contribution >= 0.6 is 43.2 Å². The fourth-order valence-electron chi connectivity index (χ4n) is 3.65. The van der Waals surface area contributed by atoms with Crippen molar-refractivity contribution in [1.29, 1.82) is 0 Å². The van der Waals surface area contributed by atoms with E-state index < -0.39 is 0 Å². The Labute approximate surface area is 209 Å². The van der Waals surface area contributed by atoms with Gasteiger partial charge in [-0.3, -0.25) is 4.79 Å². The van der Waals surface area contributed by atoms with Crippen LogP contribution in [0.1, 0.15) is 22.3 Å². The fraction of sp³-hybridized carbons (Fsp3) is 0.120. The van der Waals surface area contributed by atoms with Crippen LogP contribution in [0.25, 0.3) is 22.1 Å². The summed E-state index contributed by atoms with van der Waals surface area (Å²) in [5.74, 6) is 0.310. The first-order chi connectivity index (χ1) is 15.8. The molecule has 3 aromatic carbocycles. The topological polar surface area (TPSA) is 43.6 Å². The Morgan fingerprint density at radius 1 is 1.09 bits per heavy atom. The molecule has 0 atom stereocenters. The lowest BCUT2D eigenvalue weighted by molar-refractivity contribution is 0.301. The molecule has 4 nitrogen and oxygen atoms in total. The molecule has 0 spiro atoms. The molecule has 2 aromatic heterocycles. The zero-order chi connectivity index (χ0) is 23.3.